The van der Waals surface area contributed by atoms with Crippen LogP contribution in [0.1, 0.15) is 15.9 Å². The van der Waals surface area contributed by atoms with E-state index < -0.39 is 11.5 Å². The van der Waals surface area contributed by atoms with E-state index in [0.717, 1.165) is 5.56 Å². The molecular weight excluding hydrogens is 334 g/mol. The Balaban J connectivity index is 1.88. The van der Waals surface area contributed by atoms with Crippen molar-refractivity contribution in [1.29, 1.82) is 0 Å². The molecule has 1 aromatic carbocycles. The molecule has 0 fully saturated rings. The van der Waals surface area contributed by atoms with Crippen LogP contribution in [0.4, 0.5) is 16.2 Å². The number of aromatic nitrogens is 2. The molecule has 0 saturated heterocycles. The van der Waals surface area contributed by atoms with E-state index in [1.54, 1.807) is 36.5 Å². The van der Waals surface area contributed by atoms with Crippen molar-refractivity contribution in [1.82, 2.24) is 14.7 Å². The van der Waals surface area contributed by atoms with Gasteiger partial charge < -0.3 is 16.0 Å². The minimum Gasteiger partial charge on any atom is -0.341 e. The van der Waals surface area contributed by atoms with Crippen molar-refractivity contribution in [2.75, 3.05) is 17.7 Å². The van der Waals surface area contributed by atoms with E-state index >= 15 is 0 Å². The number of nitrogens with one attached hydrogen (secondary N) is 3. The molecule has 0 atom stereocenters. The Labute approximate surface area is 148 Å². The Hall–Kier alpha value is -3.68. The number of fused-ring (bicyclic) bond motifs is 1. The topological polar surface area (TPSA) is 105 Å². The summed E-state index contributed by atoms with van der Waals surface area (Å²) in [6.45, 7) is 1.85. The number of benzene rings is 1. The molecule has 132 valence electrons. The molecule has 0 radical (unpaired) electrons. The van der Waals surface area contributed by atoms with Crippen LogP contribution in [-0.2, 0) is 0 Å². The van der Waals surface area contributed by atoms with Gasteiger partial charge in [0.15, 0.2) is 0 Å². The molecule has 0 bridgehead atoms. The third kappa shape index (κ3) is 3.54. The monoisotopic (exact) mass is 351 g/mol. The van der Waals surface area contributed by atoms with Gasteiger partial charge in [0.05, 0.1) is 0 Å². The second-order valence-corrected chi connectivity index (χ2v) is 5.65. The summed E-state index contributed by atoms with van der Waals surface area (Å²) in [4.78, 5) is 40.6. The van der Waals surface area contributed by atoms with Crippen molar-refractivity contribution in [2.24, 2.45) is 0 Å². The molecule has 2 heterocycles. The molecule has 3 N–H and O–H groups in total. The van der Waals surface area contributed by atoms with Crippen molar-refractivity contribution in [3.8, 4) is 0 Å². The predicted octanol–water partition coefficient (Wildman–Crippen LogP) is 2.01. The number of pyridine rings is 1. The van der Waals surface area contributed by atoms with E-state index in [4.69, 9.17) is 0 Å². The molecule has 0 unspecified atom stereocenters. The van der Waals surface area contributed by atoms with Gasteiger partial charge in [-0.15, -0.1) is 0 Å². The molecule has 0 aliphatic heterocycles. The van der Waals surface area contributed by atoms with Crippen molar-refractivity contribution >= 4 is 29.0 Å². The second-order valence-electron chi connectivity index (χ2n) is 5.65. The van der Waals surface area contributed by atoms with E-state index in [-0.39, 0.29) is 11.6 Å². The van der Waals surface area contributed by atoms with E-state index in [2.05, 4.69) is 20.9 Å². The summed E-state index contributed by atoms with van der Waals surface area (Å²) in [5.74, 6) is -0.574. The van der Waals surface area contributed by atoms with Gasteiger partial charge in [0.2, 0.25) is 0 Å². The fourth-order valence-electron chi connectivity index (χ4n) is 2.41. The van der Waals surface area contributed by atoms with Crippen LogP contribution in [0.2, 0.25) is 0 Å². The summed E-state index contributed by atoms with van der Waals surface area (Å²) < 4.78 is 1.34. The molecule has 8 heteroatoms. The van der Waals surface area contributed by atoms with Gasteiger partial charge in [-0.05, 0) is 36.8 Å². The van der Waals surface area contributed by atoms with E-state index in [1.165, 1.54) is 17.6 Å². The van der Waals surface area contributed by atoms with Gasteiger partial charge in [-0.1, -0.05) is 12.1 Å². The van der Waals surface area contributed by atoms with Crippen LogP contribution in [0, 0.1) is 6.92 Å². The molecule has 0 aliphatic carbocycles. The molecule has 0 saturated carbocycles. The highest BCUT2D eigenvalue weighted by Gasteiger charge is 2.14. The van der Waals surface area contributed by atoms with Crippen LogP contribution in [0.5, 0.6) is 0 Å². The first-order valence-electron chi connectivity index (χ1n) is 7.86. The van der Waals surface area contributed by atoms with E-state index in [0.29, 0.717) is 17.0 Å². The number of hydrogen-bond donors (Lipinski definition) is 3. The molecule has 26 heavy (non-hydrogen) atoms. The summed E-state index contributed by atoms with van der Waals surface area (Å²) in [6.07, 6.45) is 2.89. The van der Waals surface area contributed by atoms with Crippen LogP contribution >= 0.6 is 0 Å². The van der Waals surface area contributed by atoms with Gasteiger partial charge in [0.1, 0.15) is 11.2 Å². The normalized spacial score (nSPS) is 10.4. The Morgan fingerprint density at radius 2 is 1.81 bits per heavy atom. The highest BCUT2D eigenvalue weighted by atomic mass is 16.2. The number of amides is 3. The highest BCUT2D eigenvalue weighted by Crippen LogP contribution is 2.15. The molecule has 2 aromatic heterocycles. The molecule has 3 aromatic rings. The summed E-state index contributed by atoms with van der Waals surface area (Å²) >= 11 is 0. The maximum atomic E-state index is 12.6. The molecule has 0 spiro atoms. The lowest BCUT2D eigenvalue weighted by Crippen LogP contribution is -2.27. The van der Waals surface area contributed by atoms with Gasteiger partial charge in [-0.2, -0.15) is 0 Å². The smallest absolute Gasteiger partial charge is 0.318 e. The molecular formula is C18H17N5O3. The lowest BCUT2D eigenvalue weighted by molar-refractivity contribution is 0.102. The van der Waals surface area contributed by atoms with Crippen molar-refractivity contribution in [3.05, 3.63) is 70.3 Å². The molecule has 3 rings (SSSR count). The van der Waals surface area contributed by atoms with Crippen molar-refractivity contribution in [3.63, 3.8) is 0 Å². The Morgan fingerprint density at radius 1 is 1.08 bits per heavy atom. The number of hydrogen-bond acceptors (Lipinski definition) is 4. The summed E-state index contributed by atoms with van der Waals surface area (Å²) in [7, 11) is 1.50. The minimum atomic E-state index is -0.574. The SMILES string of the molecule is CNC(=O)Nc1cccc(NC(=O)c2cnc3ccc(C)cn3c2=O)c1. The fourth-order valence-corrected chi connectivity index (χ4v) is 2.41. The average Bonchev–Trinajstić information content (AvgIpc) is 2.62. The highest BCUT2D eigenvalue weighted by molar-refractivity contribution is 6.04. The number of aryl methyl sites for hydroxylation is 1. The third-order valence-electron chi connectivity index (χ3n) is 3.70. The first kappa shape index (κ1) is 17.2. The Bertz CT molecular complexity index is 1060. The second kappa shape index (κ2) is 7.06. The number of rotatable bonds is 3. The van der Waals surface area contributed by atoms with Gasteiger partial charge in [-0.25, -0.2) is 9.78 Å². The molecule has 0 aliphatic rings. The number of nitrogens with zero attached hydrogens (tertiary/aromatic N) is 2. The van der Waals surface area contributed by atoms with Crippen LogP contribution < -0.4 is 21.5 Å². The molecule has 3 amide bonds. The lowest BCUT2D eigenvalue weighted by Gasteiger charge is -2.09. The Morgan fingerprint density at radius 3 is 2.54 bits per heavy atom. The zero-order valence-corrected chi connectivity index (χ0v) is 14.2. The first-order chi connectivity index (χ1) is 12.5. The van der Waals surface area contributed by atoms with Crippen molar-refractivity contribution in [2.45, 2.75) is 6.92 Å². The fraction of sp³-hybridized carbons (Fsp3) is 0.111. The van der Waals surface area contributed by atoms with Gasteiger partial charge >= 0.3 is 6.03 Å². The zero-order chi connectivity index (χ0) is 18.7. The van der Waals surface area contributed by atoms with E-state index in [1.807, 2.05) is 13.0 Å². The maximum absolute atomic E-state index is 12.6. The van der Waals surface area contributed by atoms with Crippen LogP contribution in [0.3, 0.4) is 0 Å². The van der Waals surface area contributed by atoms with Gasteiger partial charge in [0, 0.05) is 30.8 Å². The molecule has 8 nitrogen and oxygen atoms in total. The van der Waals surface area contributed by atoms with E-state index in [9.17, 15) is 14.4 Å². The quantitative estimate of drug-likeness (QED) is 0.671. The van der Waals surface area contributed by atoms with Crippen molar-refractivity contribution < 1.29 is 9.59 Å². The summed E-state index contributed by atoms with van der Waals surface area (Å²) in [6, 6.07) is 9.78. The average molecular weight is 351 g/mol. The third-order valence-corrected chi connectivity index (χ3v) is 3.70. The lowest BCUT2D eigenvalue weighted by atomic mass is 10.2. The van der Waals surface area contributed by atoms with Gasteiger partial charge in [0.25, 0.3) is 11.5 Å². The van der Waals surface area contributed by atoms with Crippen LogP contribution in [0.25, 0.3) is 5.65 Å². The van der Waals surface area contributed by atoms with Crippen LogP contribution in [0.15, 0.2) is 53.6 Å². The largest absolute Gasteiger partial charge is 0.341 e. The summed E-state index contributed by atoms with van der Waals surface area (Å²) in [5, 5.41) is 7.69. The number of urea groups is 1. The van der Waals surface area contributed by atoms with Gasteiger partial charge in [-0.3, -0.25) is 14.0 Å². The number of carbonyl (C=O) groups excluding carboxylic acids is 2. The zero-order valence-electron chi connectivity index (χ0n) is 14.2. The Kier molecular flexibility index (Phi) is 4.66. The first-order valence-corrected chi connectivity index (χ1v) is 7.86. The maximum Gasteiger partial charge on any atom is 0.318 e. The predicted molar refractivity (Wildman–Crippen MR) is 98.7 cm³/mol. The number of carbonyl (C=O) groups is 2. The summed E-state index contributed by atoms with van der Waals surface area (Å²) in [5.41, 5.74) is 1.78. The number of anilines is 2. The standard InChI is InChI=1S/C18H17N5O3/c1-11-6-7-15-20-9-14(17(25)23(15)10-11)16(24)21-12-4-3-5-13(8-12)22-18(26)19-2/h3-10H,1-2H3,(H,21,24)(H2,19,22,26). The van der Waals surface area contributed by atoms with Crippen LogP contribution in [-0.4, -0.2) is 28.4 Å². The minimum absolute atomic E-state index is 0.0715.